The Balaban J connectivity index is 1.80. The largest absolute Gasteiger partial charge is 0.323 e. The van der Waals surface area contributed by atoms with Gasteiger partial charge in [0.1, 0.15) is 5.82 Å². The Kier molecular flexibility index (Phi) is 4.84. The molecule has 0 fully saturated rings. The standard InChI is InChI=1S/C23H20FN3O2/c1-15-6-5-7-16(2)21(15)25-23(29)22-19-8-3-4-13-26(19)14-20(28)27(22)18-11-9-17(24)10-12-18/h3-13,22H,14H2,1-2H3/p+1/t22-/m1/s1. The number of nitrogens with one attached hydrogen (secondary N) is 1. The van der Waals surface area contributed by atoms with E-state index in [0.29, 0.717) is 11.4 Å². The maximum Gasteiger partial charge on any atom is 0.294 e. The minimum atomic E-state index is -0.873. The fraction of sp³-hybridized carbons (Fsp3) is 0.174. The summed E-state index contributed by atoms with van der Waals surface area (Å²) in [5.41, 5.74) is 3.79. The van der Waals surface area contributed by atoms with Crippen LogP contribution in [0.1, 0.15) is 22.9 Å². The van der Waals surface area contributed by atoms with Crippen molar-refractivity contribution in [2.24, 2.45) is 0 Å². The average molecular weight is 390 g/mol. The number of aryl methyl sites for hydroxylation is 2. The van der Waals surface area contributed by atoms with E-state index in [9.17, 15) is 14.0 Å². The number of pyridine rings is 1. The van der Waals surface area contributed by atoms with E-state index in [2.05, 4.69) is 5.32 Å². The van der Waals surface area contributed by atoms with Gasteiger partial charge in [-0.25, -0.2) is 4.39 Å². The molecule has 146 valence electrons. The number of hydrogen-bond donors (Lipinski definition) is 1. The zero-order valence-corrected chi connectivity index (χ0v) is 16.2. The van der Waals surface area contributed by atoms with Gasteiger partial charge in [-0.05, 0) is 49.2 Å². The molecule has 0 spiro atoms. The van der Waals surface area contributed by atoms with Crippen molar-refractivity contribution in [3.8, 4) is 0 Å². The van der Waals surface area contributed by atoms with Gasteiger partial charge in [0.2, 0.25) is 18.3 Å². The van der Waals surface area contributed by atoms with Gasteiger partial charge in [-0.15, -0.1) is 0 Å². The molecule has 4 rings (SSSR count). The number of anilines is 2. The lowest BCUT2D eigenvalue weighted by atomic mass is 10.0. The van der Waals surface area contributed by atoms with E-state index in [0.717, 1.165) is 16.8 Å². The van der Waals surface area contributed by atoms with Gasteiger partial charge in [0.15, 0.2) is 6.20 Å². The van der Waals surface area contributed by atoms with Crippen LogP contribution in [0.5, 0.6) is 0 Å². The SMILES string of the molecule is Cc1cccc(C)c1NC(=O)[C@H]1c2cccc[n+]2CC(=O)N1c1ccc(F)cc1. The first-order valence-electron chi connectivity index (χ1n) is 9.39. The van der Waals surface area contributed by atoms with Crippen molar-refractivity contribution in [3.63, 3.8) is 0 Å². The lowest BCUT2D eigenvalue weighted by molar-refractivity contribution is -0.695. The van der Waals surface area contributed by atoms with Crippen LogP contribution in [0.25, 0.3) is 0 Å². The number of para-hydroxylation sites is 1. The third kappa shape index (κ3) is 3.49. The molecule has 5 nitrogen and oxygen atoms in total. The van der Waals surface area contributed by atoms with Crippen molar-refractivity contribution in [3.05, 3.63) is 89.5 Å². The zero-order valence-electron chi connectivity index (χ0n) is 16.2. The van der Waals surface area contributed by atoms with Crippen molar-refractivity contribution in [1.29, 1.82) is 0 Å². The number of rotatable bonds is 3. The fourth-order valence-electron chi connectivity index (χ4n) is 3.73. The normalized spacial score (nSPS) is 15.8. The number of benzene rings is 2. The summed E-state index contributed by atoms with van der Waals surface area (Å²) in [6.07, 6.45) is 1.79. The highest BCUT2D eigenvalue weighted by Crippen LogP contribution is 2.31. The maximum atomic E-state index is 13.4. The number of nitrogens with zero attached hydrogens (tertiary/aromatic N) is 2. The van der Waals surface area contributed by atoms with Gasteiger partial charge in [0.05, 0.1) is 0 Å². The summed E-state index contributed by atoms with van der Waals surface area (Å²) in [5.74, 6) is -0.953. The number of hydrogen-bond acceptors (Lipinski definition) is 2. The molecule has 29 heavy (non-hydrogen) atoms. The summed E-state index contributed by atoms with van der Waals surface area (Å²) in [5, 5.41) is 3.00. The Bertz CT molecular complexity index is 1080. The molecule has 0 saturated carbocycles. The van der Waals surface area contributed by atoms with Crippen LogP contribution in [0.15, 0.2) is 66.9 Å². The molecule has 1 aliphatic rings. The van der Waals surface area contributed by atoms with E-state index in [1.165, 1.54) is 29.2 Å². The first kappa shape index (κ1) is 18.8. The van der Waals surface area contributed by atoms with Crippen LogP contribution >= 0.6 is 0 Å². The van der Waals surface area contributed by atoms with Crippen LogP contribution in [-0.4, -0.2) is 11.8 Å². The summed E-state index contributed by atoms with van der Waals surface area (Å²) >= 11 is 0. The predicted octanol–water partition coefficient (Wildman–Crippen LogP) is 3.46. The van der Waals surface area contributed by atoms with Crippen LogP contribution in [0, 0.1) is 19.7 Å². The minimum absolute atomic E-state index is 0.112. The zero-order chi connectivity index (χ0) is 20.5. The van der Waals surface area contributed by atoms with Crippen LogP contribution in [-0.2, 0) is 16.1 Å². The number of halogens is 1. The third-order valence-corrected chi connectivity index (χ3v) is 5.17. The molecule has 0 aliphatic carbocycles. The first-order chi connectivity index (χ1) is 14.0. The number of carbonyl (C=O) groups is 2. The maximum absolute atomic E-state index is 13.4. The van der Waals surface area contributed by atoms with Crippen LogP contribution in [0.2, 0.25) is 0 Å². The quantitative estimate of drug-likeness (QED) is 0.697. The molecule has 1 atom stereocenters. The monoisotopic (exact) mass is 390 g/mol. The number of aromatic nitrogens is 1. The molecule has 2 heterocycles. The molecule has 2 amide bonds. The van der Waals surface area contributed by atoms with Crippen molar-refractivity contribution < 1.29 is 18.5 Å². The molecular formula is C23H21FN3O2+. The molecule has 2 aromatic carbocycles. The molecule has 0 saturated heterocycles. The Morgan fingerprint density at radius 2 is 1.72 bits per heavy atom. The highest BCUT2D eigenvalue weighted by Gasteiger charge is 2.43. The van der Waals surface area contributed by atoms with E-state index in [-0.39, 0.29) is 18.4 Å². The number of carbonyl (C=O) groups excluding carboxylic acids is 2. The predicted molar refractivity (Wildman–Crippen MR) is 108 cm³/mol. The molecule has 1 aliphatic heterocycles. The lowest BCUT2D eigenvalue weighted by Gasteiger charge is -2.32. The Hall–Kier alpha value is -3.54. The Morgan fingerprint density at radius 1 is 1.03 bits per heavy atom. The molecule has 0 bridgehead atoms. The number of amides is 2. The van der Waals surface area contributed by atoms with Gasteiger partial charge in [0, 0.05) is 23.5 Å². The summed E-state index contributed by atoms with van der Waals surface area (Å²) in [6.45, 7) is 3.96. The minimum Gasteiger partial charge on any atom is -0.323 e. The van der Waals surface area contributed by atoms with Gasteiger partial charge >= 0.3 is 0 Å². The third-order valence-electron chi connectivity index (χ3n) is 5.17. The second-order valence-electron chi connectivity index (χ2n) is 7.15. The summed E-state index contributed by atoms with van der Waals surface area (Å²) in [7, 11) is 0. The number of fused-ring (bicyclic) bond motifs is 1. The van der Waals surface area contributed by atoms with E-state index in [1.54, 1.807) is 10.8 Å². The summed E-state index contributed by atoms with van der Waals surface area (Å²) in [4.78, 5) is 27.9. The van der Waals surface area contributed by atoms with Crippen LogP contribution in [0.3, 0.4) is 0 Å². The van der Waals surface area contributed by atoms with E-state index < -0.39 is 11.9 Å². The molecule has 6 heteroatoms. The smallest absolute Gasteiger partial charge is 0.294 e. The second-order valence-corrected chi connectivity index (χ2v) is 7.15. The van der Waals surface area contributed by atoms with E-state index in [1.807, 2.05) is 50.2 Å². The highest BCUT2D eigenvalue weighted by atomic mass is 19.1. The first-order valence-corrected chi connectivity index (χ1v) is 9.39. The van der Waals surface area contributed by atoms with Gasteiger partial charge in [-0.3, -0.25) is 14.5 Å². The summed E-state index contributed by atoms with van der Waals surface area (Å²) < 4.78 is 15.2. The van der Waals surface area contributed by atoms with Gasteiger partial charge in [-0.1, -0.05) is 24.3 Å². The lowest BCUT2D eigenvalue weighted by Crippen LogP contribution is -2.58. The molecule has 3 aromatic rings. The highest BCUT2D eigenvalue weighted by molar-refractivity contribution is 6.05. The topological polar surface area (TPSA) is 53.3 Å². The molecule has 1 aromatic heterocycles. The fourth-order valence-corrected chi connectivity index (χ4v) is 3.73. The molecule has 0 unspecified atom stereocenters. The average Bonchev–Trinajstić information content (AvgIpc) is 2.70. The van der Waals surface area contributed by atoms with Crippen LogP contribution < -0.4 is 14.8 Å². The van der Waals surface area contributed by atoms with Crippen molar-refractivity contribution in [1.82, 2.24) is 0 Å². The van der Waals surface area contributed by atoms with Crippen molar-refractivity contribution >= 4 is 23.2 Å². The van der Waals surface area contributed by atoms with Gasteiger partial charge < -0.3 is 5.32 Å². The van der Waals surface area contributed by atoms with Crippen molar-refractivity contribution in [2.75, 3.05) is 10.2 Å². The Morgan fingerprint density at radius 3 is 2.41 bits per heavy atom. The Labute approximate surface area is 168 Å². The van der Waals surface area contributed by atoms with Crippen LogP contribution in [0.4, 0.5) is 15.8 Å². The second kappa shape index (κ2) is 7.47. The molecule has 1 N–H and O–H groups in total. The molecular weight excluding hydrogens is 369 g/mol. The van der Waals surface area contributed by atoms with Gasteiger partial charge in [0.25, 0.3) is 11.8 Å². The molecule has 0 radical (unpaired) electrons. The van der Waals surface area contributed by atoms with E-state index in [4.69, 9.17) is 0 Å². The van der Waals surface area contributed by atoms with Gasteiger partial charge in [-0.2, -0.15) is 4.57 Å². The van der Waals surface area contributed by atoms with Crippen molar-refractivity contribution in [2.45, 2.75) is 26.4 Å². The van der Waals surface area contributed by atoms with E-state index >= 15 is 0 Å². The summed E-state index contributed by atoms with van der Waals surface area (Å²) in [6, 6.07) is 16.0.